The third-order valence-electron chi connectivity index (χ3n) is 8.94. The molecule has 0 saturated heterocycles. The zero-order valence-electron chi connectivity index (χ0n) is 34.0. The fourth-order valence-corrected chi connectivity index (χ4v) is 5.61. The first-order valence-electron chi connectivity index (χ1n) is 18.9. The van der Waals surface area contributed by atoms with E-state index in [0.29, 0.717) is 10.9 Å². The summed E-state index contributed by atoms with van der Waals surface area (Å²) in [5.74, 6) is -1.03. The van der Waals surface area contributed by atoms with Crippen LogP contribution in [0.5, 0.6) is 11.5 Å². The van der Waals surface area contributed by atoms with Gasteiger partial charge in [-0.25, -0.2) is 0 Å². The maximum Gasteiger partial charge on any atom is 3.00 e. The van der Waals surface area contributed by atoms with E-state index in [1.54, 1.807) is 36.4 Å². The van der Waals surface area contributed by atoms with Crippen LogP contribution in [0.4, 0.5) is 17.1 Å². The van der Waals surface area contributed by atoms with Crippen molar-refractivity contribution in [2.75, 3.05) is 19.8 Å². The molecule has 1 radical (unpaired) electrons. The van der Waals surface area contributed by atoms with E-state index >= 15 is 0 Å². The van der Waals surface area contributed by atoms with Crippen LogP contribution >= 0.6 is 0 Å². The summed E-state index contributed by atoms with van der Waals surface area (Å²) in [6.45, 7) is 6.98. The van der Waals surface area contributed by atoms with Gasteiger partial charge in [0.15, 0.2) is 0 Å². The van der Waals surface area contributed by atoms with Crippen molar-refractivity contribution in [1.82, 2.24) is 5.23 Å². The fourth-order valence-electron chi connectivity index (χ4n) is 5.61. The van der Waals surface area contributed by atoms with Gasteiger partial charge in [-0.05, 0) is 54.5 Å². The first-order valence-corrected chi connectivity index (χ1v) is 18.9. The molecule has 1 unspecified atom stereocenters. The molecule has 311 valence electrons. The summed E-state index contributed by atoms with van der Waals surface area (Å²) in [4.78, 5) is 33.9. The van der Waals surface area contributed by atoms with Crippen LogP contribution in [0.25, 0.3) is 16.8 Å². The number of allylic oxidation sites excluding steroid dienone is 4. The Morgan fingerprint density at radius 3 is 2.28 bits per heavy atom. The molecule has 4 aromatic rings. The number of carbonyl (C=O) groups is 2. The second kappa shape index (κ2) is 24.7. The van der Waals surface area contributed by atoms with Crippen LogP contribution in [-0.2, 0) is 31.7 Å². The number of azo groups is 1. The summed E-state index contributed by atoms with van der Waals surface area (Å²) in [6, 6.07) is 20.5. The Morgan fingerprint density at radius 1 is 0.850 bits per heavy atom. The van der Waals surface area contributed by atoms with Crippen molar-refractivity contribution < 1.29 is 48.3 Å². The van der Waals surface area contributed by atoms with Crippen LogP contribution in [-0.4, -0.2) is 52.9 Å². The summed E-state index contributed by atoms with van der Waals surface area (Å²) in [6.07, 6.45) is 12.5. The zero-order valence-corrected chi connectivity index (χ0v) is 34.2. The number of fused-ring (bicyclic) bond motifs is 2. The van der Waals surface area contributed by atoms with Crippen molar-refractivity contribution in [3.63, 3.8) is 0 Å². The second-order valence-electron chi connectivity index (χ2n) is 13.1. The summed E-state index contributed by atoms with van der Waals surface area (Å²) >= 11 is 0. The van der Waals surface area contributed by atoms with Crippen LogP contribution in [0.1, 0.15) is 58.5 Å². The Labute approximate surface area is 359 Å². The van der Waals surface area contributed by atoms with Gasteiger partial charge in [-0.15, -0.1) is 10.2 Å². The predicted octanol–water partition coefficient (Wildman–Crippen LogP) is 7.74. The number of nitrogens with two attached hydrogens (primary N) is 1. The number of ether oxygens (including phenoxy) is 1. The van der Waals surface area contributed by atoms with E-state index in [9.17, 15) is 40.3 Å². The van der Waals surface area contributed by atoms with Crippen molar-refractivity contribution in [2.45, 2.75) is 46.0 Å². The molecular weight excluding hydrogens is 811 g/mol. The topological polar surface area (TPSA) is 257 Å². The number of nitro groups is 1. The number of unbranched alkanes of at least 4 members (excludes halogenated alkanes) is 1. The van der Waals surface area contributed by atoms with Gasteiger partial charge in [-0.1, -0.05) is 117 Å². The van der Waals surface area contributed by atoms with Crippen LogP contribution in [0.15, 0.2) is 129 Å². The van der Waals surface area contributed by atoms with Gasteiger partial charge in [-0.2, -0.15) is 10.2 Å². The van der Waals surface area contributed by atoms with Gasteiger partial charge in [-0.3, -0.25) is 19.7 Å². The molecule has 0 bridgehead atoms. The minimum absolute atomic E-state index is 0. The molecule has 2 aliphatic rings. The van der Waals surface area contributed by atoms with Gasteiger partial charge >= 0.3 is 18.8 Å². The Morgan fingerprint density at radius 2 is 1.58 bits per heavy atom. The van der Waals surface area contributed by atoms with Crippen molar-refractivity contribution in [1.29, 1.82) is 0 Å². The quantitative estimate of drug-likeness (QED) is 0.0422. The van der Waals surface area contributed by atoms with Gasteiger partial charge in [0.05, 0.1) is 16.3 Å². The summed E-state index contributed by atoms with van der Waals surface area (Å²) < 4.78 is 5.54. The number of hydrogen-bond donors (Lipinski definition) is 1. The Kier molecular flexibility index (Phi) is 19.8. The van der Waals surface area contributed by atoms with Crippen LogP contribution < -0.4 is 15.9 Å². The molecule has 17 heteroatoms. The number of carbonyl (C=O) groups excluding carboxylic acids is 2. The molecule has 0 aromatic heterocycles. The molecule has 60 heavy (non-hydrogen) atoms. The molecule has 6 rings (SSSR count). The fraction of sp³-hybridized carbons (Fsp3) is 0.256. The van der Waals surface area contributed by atoms with Crippen molar-refractivity contribution in [2.24, 2.45) is 32.1 Å². The van der Waals surface area contributed by atoms with E-state index in [0.717, 1.165) is 73.4 Å². The number of hydroxylamine groups is 2. The van der Waals surface area contributed by atoms with Crippen LogP contribution in [0, 0.1) is 26.4 Å². The van der Waals surface area contributed by atoms with E-state index in [4.69, 9.17) is 10.5 Å². The van der Waals surface area contributed by atoms with Crippen molar-refractivity contribution >= 4 is 56.9 Å². The second-order valence-corrected chi connectivity index (χ2v) is 13.1. The number of non-ortho nitro benzene ring substituents is 1. The minimum Gasteiger partial charge on any atom is -0.871 e. The molecular formula is C43H44CrN7O9. The van der Waals surface area contributed by atoms with Crippen molar-refractivity contribution in [3.05, 3.63) is 141 Å². The molecule has 0 fully saturated rings. The first-order chi connectivity index (χ1) is 28.5. The van der Waals surface area contributed by atoms with Gasteiger partial charge < -0.3 is 36.3 Å². The Bertz CT molecular complexity index is 2310. The molecule has 0 spiro atoms. The van der Waals surface area contributed by atoms with Gasteiger partial charge in [0.2, 0.25) is 11.6 Å². The summed E-state index contributed by atoms with van der Waals surface area (Å²) in [5.41, 5.74) is 6.21. The standard InChI is InChI=1S/C16H9N3O4.C16H11N3O4.C11H25NO.Cr/c20-14-8-5-10-3-1-2-4-12(10)16(14)18-17-13-7-6-11(19(22)23)9-15(13)21;20-14-8-6-11(19(22)23)9-13(14)17-18-16-12-4-2-1-3-10(12)5-7-15(16)21;1-3-5-7-11(4-2)10-13-9-6-8-12;/h1-9H;1-9,20-21H;11H,3-10,12H2,1-2H3;/q-2;;;+3/p-1. The van der Waals surface area contributed by atoms with E-state index in [2.05, 4.69) is 34.3 Å². The number of benzene rings is 4. The number of rotatable bonds is 14. The average Bonchev–Trinajstić information content (AvgIpc) is 3.24. The smallest absolute Gasteiger partial charge is 0.871 e. The monoisotopic (exact) mass is 854 g/mol. The third kappa shape index (κ3) is 14.0. The molecule has 1 atom stereocenters. The number of hydrogen-bond acceptors (Lipinski definition) is 15. The average molecular weight is 855 g/mol. The molecule has 0 aliphatic heterocycles. The number of nitro benzene ring substituents is 1. The van der Waals surface area contributed by atoms with Crippen LogP contribution in [0.2, 0.25) is 0 Å². The zero-order chi connectivity index (χ0) is 42.7. The van der Waals surface area contributed by atoms with Gasteiger partial charge in [0, 0.05) is 48.1 Å². The maximum absolute atomic E-state index is 12.0. The van der Waals surface area contributed by atoms with E-state index in [1.165, 1.54) is 43.9 Å². The van der Waals surface area contributed by atoms with E-state index in [-0.39, 0.29) is 64.5 Å². The minimum atomic E-state index is -0.664. The Balaban J connectivity index is 0.000000324. The maximum atomic E-state index is 12.0. The SMILES string of the molecule is CCCCC(CC)COCCCN.O=C1C=C(N([O-])[O-])C=CC1=NN=C1C(=O)C=Cc2ccccc21.O=[N+]([O-])c1ccc([O-])c(N=Nc2c([O-])ccc3ccccc23)c1.[Cr+3].[H+]. The number of nitrogens with zero attached hydrogens (tertiary/aromatic N) is 6. The summed E-state index contributed by atoms with van der Waals surface area (Å²) in [7, 11) is 0. The largest absolute Gasteiger partial charge is 3.00 e. The number of ketones is 2. The molecule has 2 N–H and O–H groups in total. The summed E-state index contributed by atoms with van der Waals surface area (Å²) in [5, 5.41) is 71.6. The third-order valence-corrected chi connectivity index (χ3v) is 8.94. The Hall–Kier alpha value is -6.19. The molecule has 16 nitrogen and oxygen atoms in total. The molecule has 4 aromatic carbocycles. The van der Waals surface area contributed by atoms with Gasteiger partial charge in [0.1, 0.15) is 11.4 Å². The van der Waals surface area contributed by atoms with Crippen molar-refractivity contribution in [3.8, 4) is 11.5 Å². The molecule has 0 heterocycles. The van der Waals surface area contributed by atoms with Gasteiger partial charge in [0.25, 0.3) is 5.69 Å². The predicted molar refractivity (Wildman–Crippen MR) is 224 cm³/mol. The van der Waals surface area contributed by atoms with E-state index < -0.39 is 21.7 Å². The van der Waals surface area contributed by atoms with E-state index in [1.807, 2.05) is 24.3 Å². The molecule has 0 saturated carbocycles. The molecule has 2 aliphatic carbocycles. The normalized spacial score (nSPS) is 14.8. The molecule has 0 amide bonds. The first kappa shape index (κ1) is 48.2. The van der Waals surface area contributed by atoms with Crippen LogP contribution in [0.3, 0.4) is 0 Å².